The zero-order valence-electron chi connectivity index (χ0n) is 21.8. The zero-order chi connectivity index (χ0) is 27.3. The summed E-state index contributed by atoms with van der Waals surface area (Å²) in [6, 6.07) is 21.6. The highest BCUT2D eigenvalue weighted by molar-refractivity contribution is 6.30. The number of likely N-dealkylation sites (tertiary alicyclic amines) is 1. The molecule has 1 unspecified atom stereocenters. The first-order valence-corrected chi connectivity index (χ1v) is 12.9. The van der Waals surface area contributed by atoms with E-state index in [9.17, 15) is 14.9 Å². The molecular weight excluding hydrogens is 506 g/mol. The van der Waals surface area contributed by atoms with Crippen LogP contribution in [0.2, 0.25) is 5.02 Å². The van der Waals surface area contributed by atoms with Gasteiger partial charge >= 0.3 is 6.09 Å². The van der Waals surface area contributed by atoms with Gasteiger partial charge in [0.15, 0.2) is 0 Å². The molecule has 3 aromatic rings. The molecule has 4 rings (SSSR count). The van der Waals surface area contributed by atoms with Gasteiger partial charge < -0.3 is 19.3 Å². The predicted octanol–water partition coefficient (Wildman–Crippen LogP) is 7.30. The van der Waals surface area contributed by atoms with Crippen LogP contribution in [0.4, 0.5) is 16.2 Å². The highest BCUT2D eigenvalue weighted by Crippen LogP contribution is 2.29. The maximum Gasteiger partial charge on any atom is 0.410 e. The molecule has 3 aromatic carbocycles. The standard InChI is InChI=1S/C29H32ClN3O5/c1-29(2,3)38-28(34)31-17-16-22(19-31)20-32(18-21-4-8-25(9-5-21)33(35)36)24-10-14-27(15-11-24)37-26-12-6-23(30)7-13-26/h4-15,22H,16-20H2,1-3H3. The molecule has 0 N–H and O–H groups in total. The van der Waals surface area contributed by atoms with Crippen molar-refractivity contribution in [1.82, 2.24) is 4.90 Å². The second-order valence-corrected chi connectivity index (χ2v) is 10.9. The molecule has 0 radical (unpaired) electrons. The Balaban J connectivity index is 1.48. The number of nitro groups is 1. The molecule has 0 aromatic heterocycles. The van der Waals surface area contributed by atoms with Crippen molar-refractivity contribution in [1.29, 1.82) is 0 Å². The summed E-state index contributed by atoms with van der Waals surface area (Å²) in [4.78, 5) is 27.2. The Morgan fingerprint density at radius 3 is 2.21 bits per heavy atom. The topological polar surface area (TPSA) is 85.2 Å². The molecule has 1 heterocycles. The molecule has 0 aliphatic carbocycles. The number of carbonyl (C=O) groups excluding carboxylic acids is 1. The predicted molar refractivity (Wildman–Crippen MR) is 148 cm³/mol. The van der Waals surface area contributed by atoms with E-state index in [4.69, 9.17) is 21.1 Å². The molecule has 1 aliphatic rings. The third-order valence-corrected chi connectivity index (χ3v) is 6.44. The SMILES string of the molecule is CC(C)(C)OC(=O)N1CCC(CN(Cc2ccc([N+](=O)[O-])cc2)c2ccc(Oc3ccc(Cl)cc3)cc2)C1. The molecule has 1 amide bonds. The van der Waals surface area contributed by atoms with E-state index in [0.717, 1.165) is 17.7 Å². The molecular formula is C29H32ClN3O5. The van der Waals surface area contributed by atoms with Crippen LogP contribution in [0.5, 0.6) is 11.5 Å². The lowest BCUT2D eigenvalue weighted by molar-refractivity contribution is -0.384. The molecule has 9 heteroatoms. The lowest BCUT2D eigenvalue weighted by atomic mass is 10.1. The van der Waals surface area contributed by atoms with Gasteiger partial charge in [-0.1, -0.05) is 23.7 Å². The van der Waals surface area contributed by atoms with Crippen molar-refractivity contribution in [3.8, 4) is 11.5 Å². The number of carbonyl (C=O) groups is 1. The summed E-state index contributed by atoms with van der Waals surface area (Å²) < 4.78 is 11.5. The lowest BCUT2D eigenvalue weighted by Crippen LogP contribution is -2.36. The number of hydrogen-bond donors (Lipinski definition) is 0. The fraction of sp³-hybridized carbons (Fsp3) is 0.345. The van der Waals surface area contributed by atoms with Gasteiger partial charge in [-0.15, -0.1) is 0 Å². The van der Waals surface area contributed by atoms with E-state index in [1.807, 2.05) is 57.2 Å². The van der Waals surface area contributed by atoms with Gasteiger partial charge in [0.05, 0.1) is 4.92 Å². The number of amides is 1. The summed E-state index contributed by atoms with van der Waals surface area (Å²) in [5.74, 6) is 1.65. The van der Waals surface area contributed by atoms with Crippen LogP contribution in [-0.4, -0.2) is 41.2 Å². The molecule has 1 fully saturated rings. The van der Waals surface area contributed by atoms with Crippen molar-refractivity contribution in [2.24, 2.45) is 5.92 Å². The van der Waals surface area contributed by atoms with Gasteiger partial charge in [0, 0.05) is 49.0 Å². The third kappa shape index (κ3) is 7.61. The highest BCUT2D eigenvalue weighted by atomic mass is 35.5. The van der Waals surface area contributed by atoms with Gasteiger partial charge in [0.2, 0.25) is 0 Å². The number of nitrogens with zero attached hydrogens (tertiary/aromatic N) is 3. The van der Waals surface area contributed by atoms with Gasteiger partial charge in [-0.3, -0.25) is 10.1 Å². The molecule has 38 heavy (non-hydrogen) atoms. The Labute approximate surface area is 227 Å². The average molecular weight is 538 g/mol. The summed E-state index contributed by atoms with van der Waals surface area (Å²) in [7, 11) is 0. The molecule has 1 saturated heterocycles. The number of rotatable bonds is 8. The van der Waals surface area contributed by atoms with Gasteiger partial charge in [0.25, 0.3) is 5.69 Å². The molecule has 8 nitrogen and oxygen atoms in total. The fourth-order valence-electron chi connectivity index (χ4n) is 4.35. The number of ether oxygens (including phenoxy) is 2. The van der Waals surface area contributed by atoms with Crippen LogP contribution in [0.15, 0.2) is 72.8 Å². The van der Waals surface area contributed by atoms with Crippen LogP contribution in [0.25, 0.3) is 0 Å². The molecule has 0 bridgehead atoms. The molecule has 0 saturated carbocycles. The third-order valence-electron chi connectivity index (χ3n) is 6.19. The van der Waals surface area contributed by atoms with Gasteiger partial charge in [-0.25, -0.2) is 4.79 Å². The zero-order valence-corrected chi connectivity index (χ0v) is 22.6. The molecule has 0 spiro atoms. The number of benzene rings is 3. The van der Waals surface area contributed by atoms with E-state index in [1.165, 1.54) is 12.1 Å². The van der Waals surface area contributed by atoms with Gasteiger partial charge in [0.1, 0.15) is 17.1 Å². The van der Waals surface area contributed by atoms with Crippen molar-refractivity contribution >= 4 is 29.1 Å². The number of anilines is 1. The fourth-order valence-corrected chi connectivity index (χ4v) is 4.48. The van der Waals surface area contributed by atoms with E-state index in [0.29, 0.717) is 42.7 Å². The highest BCUT2D eigenvalue weighted by Gasteiger charge is 2.31. The van der Waals surface area contributed by atoms with Crippen LogP contribution in [0, 0.1) is 16.0 Å². The van der Waals surface area contributed by atoms with E-state index in [-0.39, 0.29) is 17.7 Å². The van der Waals surface area contributed by atoms with Crippen molar-refractivity contribution in [3.05, 3.63) is 93.5 Å². The average Bonchev–Trinajstić information content (AvgIpc) is 3.34. The van der Waals surface area contributed by atoms with Crippen LogP contribution in [-0.2, 0) is 11.3 Å². The first-order chi connectivity index (χ1) is 18.1. The molecule has 1 aliphatic heterocycles. The Hall–Kier alpha value is -3.78. The second-order valence-electron chi connectivity index (χ2n) is 10.4. The first-order valence-electron chi connectivity index (χ1n) is 12.6. The summed E-state index contributed by atoms with van der Waals surface area (Å²) in [5, 5.41) is 11.7. The Kier molecular flexibility index (Phi) is 8.42. The maximum absolute atomic E-state index is 12.6. The van der Waals surface area contributed by atoms with E-state index in [2.05, 4.69) is 4.90 Å². The minimum atomic E-state index is -0.535. The second kappa shape index (κ2) is 11.7. The van der Waals surface area contributed by atoms with Crippen LogP contribution >= 0.6 is 11.6 Å². The summed E-state index contributed by atoms with van der Waals surface area (Å²) in [6.45, 7) is 8.15. The largest absolute Gasteiger partial charge is 0.457 e. The monoisotopic (exact) mass is 537 g/mol. The maximum atomic E-state index is 12.6. The Morgan fingerprint density at radius 1 is 1.03 bits per heavy atom. The quantitative estimate of drug-likeness (QED) is 0.221. The summed E-state index contributed by atoms with van der Waals surface area (Å²) in [6.07, 6.45) is 0.582. The summed E-state index contributed by atoms with van der Waals surface area (Å²) >= 11 is 5.96. The first kappa shape index (κ1) is 27.3. The van der Waals surface area contributed by atoms with Crippen molar-refractivity contribution in [2.75, 3.05) is 24.5 Å². The number of hydrogen-bond acceptors (Lipinski definition) is 6. The number of non-ortho nitro benzene ring substituents is 1. The van der Waals surface area contributed by atoms with Gasteiger partial charge in [-0.2, -0.15) is 0 Å². The van der Waals surface area contributed by atoms with Crippen molar-refractivity contribution in [3.63, 3.8) is 0 Å². The van der Waals surface area contributed by atoms with Crippen molar-refractivity contribution < 1.29 is 19.2 Å². The Morgan fingerprint density at radius 2 is 1.63 bits per heavy atom. The van der Waals surface area contributed by atoms with Gasteiger partial charge in [-0.05, 0) is 87.2 Å². The minimum Gasteiger partial charge on any atom is -0.457 e. The van der Waals surface area contributed by atoms with Crippen molar-refractivity contribution in [2.45, 2.75) is 39.3 Å². The van der Waals surface area contributed by atoms with Crippen LogP contribution in [0.1, 0.15) is 32.8 Å². The van der Waals surface area contributed by atoms with E-state index >= 15 is 0 Å². The summed E-state index contributed by atoms with van der Waals surface area (Å²) in [5.41, 5.74) is 1.47. The normalized spacial score (nSPS) is 15.3. The van der Waals surface area contributed by atoms with Crippen LogP contribution < -0.4 is 9.64 Å². The smallest absolute Gasteiger partial charge is 0.410 e. The van der Waals surface area contributed by atoms with E-state index in [1.54, 1.807) is 29.2 Å². The Bertz CT molecular complexity index is 1240. The minimum absolute atomic E-state index is 0.0628. The van der Waals surface area contributed by atoms with E-state index < -0.39 is 10.5 Å². The molecule has 1 atom stereocenters. The van der Waals surface area contributed by atoms with Crippen LogP contribution in [0.3, 0.4) is 0 Å². The number of nitro benzene ring substituents is 1. The molecule has 200 valence electrons. The number of halogens is 1. The lowest BCUT2D eigenvalue weighted by Gasteiger charge is -2.29.